The predicted octanol–water partition coefficient (Wildman–Crippen LogP) is 3.03. The van der Waals surface area contributed by atoms with Crippen molar-refractivity contribution in [2.24, 2.45) is 0 Å². The fraction of sp³-hybridized carbons (Fsp3) is 0.111. The minimum atomic E-state index is -0.186. The van der Waals surface area contributed by atoms with Gasteiger partial charge < -0.3 is 0 Å². The molecule has 110 valence electrons. The average molecular weight is 292 g/mol. The monoisotopic (exact) mass is 292 g/mol. The molecular formula is C18H16N2O2. The molecule has 3 rings (SSSR count). The number of para-hydroxylation sites is 1. The SMILES string of the molecule is O=C(Cc1cccc2cccnc12)NOCc1ccccc1. The number of hydroxylamine groups is 1. The molecule has 4 heteroatoms. The Morgan fingerprint density at radius 2 is 1.82 bits per heavy atom. The number of nitrogens with one attached hydrogen (secondary N) is 1. The van der Waals surface area contributed by atoms with Crippen molar-refractivity contribution < 1.29 is 9.63 Å². The van der Waals surface area contributed by atoms with Gasteiger partial charge in [0.1, 0.15) is 0 Å². The van der Waals surface area contributed by atoms with Gasteiger partial charge >= 0.3 is 0 Å². The molecule has 1 N–H and O–H groups in total. The summed E-state index contributed by atoms with van der Waals surface area (Å²) in [6.07, 6.45) is 1.97. The molecule has 0 saturated carbocycles. The summed E-state index contributed by atoms with van der Waals surface area (Å²) in [5, 5.41) is 1.03. The molecule has 2 aromatic carbocycles. The third-order valence-electron chi connectivity index (χ3n) is 3.33. The highest BCUT2D eigenvalue weighted by Crippen LogP contribution is 2.16. The Morgan fingerprint density at radius 1 is 1.00 bits per heavy atom. The van der Waals surface area contributed by atoms with Crippen molar-refractivity contribution in [3.05, 3.63) is 78.0 Å². The number of carbonyl (C=O) groups is 1. The first-order valence-corrected chi connectivity index (χ1v) is 7.10. The summed E-state index contributed by atoms with van der Waals surface area (Å²) in [6.45, 7) is 0.348. The zero-order valence-corrected chi connectivity index (χ0v) is 12.0. The molecule has 0 bridgehead atoms. The fourth-order valence-electron chi connectivity index (χ4n) is 2.29. The van der Waals surface area contributed by atoms with Crippen molar-refractivity contribution in [1.29, 1.82) is 0 Å². The molecule has 0 aliphatic rings. The summed E-state index contributed by atoms with van der Waals surface area (Å²) >= 11 is 0. The van der Waals surface area contributed by atoms with Gasteiger partial charge in [-0.15, -0.1) is 0 Å². The molecule has 0 unspecified atom stereocenters. The van der Waals surface area contributed by atoms with Crippen molar-refractivity contribution in [2.45, 2.75) is 13.0 Å². The highest BCUT2D eigenvalue weighted by molar-refractivity contribution is 5.87. The zero-order valence-electron chi connectivity index (χ0n) is 12.0. The van der Waals surface area contributed by atoms with Gasteiger partial charge in [-0.2, -0.15) is 0 Å². The number of hydrogen-bond acceptors (Lipinski definition) is 3. The molecule has 1 heterocycles. The molecule has 0 radical (unpaired) electrons. The molecular weight excluding hydrogens is 276 g/mol. The van der Waals surface area contributed by atoms with Crippen LogP contribution in [0, 0.1) is 0 Å². The topological polar surface area (TPSA) is 51.2 Å². The summed E-state index contributed by atoms with van der Waals surface area (Å²) in [7, 11) is 0. The van der Waals surface area contributed by atoms with Crippen LogP contribution in [0.25, 0.3) is 10.9 Å². The Kier molecular flexibility index (Phi) is 4.41. The normalized spacial score (nSPS) is 10.5. The first-order chi connectivity index (χ1) is 10.8. The molecule has 3 aromatic rings. The summed E-state index contributed by atoms with van der Waals surface area (Å²) < 4.78 is 0. The van der Waals surface area contributed by atoms with E-state index in [0.29, 0.717) is 6.61 Å². The van der Waals surface area contributed by atoms with Crippen molar-refractivity contribution in [1.82, 2.24) is 10.5 Å². The maximum absolute atomic E-state index is 12.0. The predicted molar refractivity (Wildman–Crippen MR) is 84.8 cm³/mol. The standard InChI is InChI=1S/C18H16N2O2/c21-17(20-22-13-14-6-2-1-3-7-14)12-16-9-4-8-15-10-5-11-19-18(15)16/h1-11H,12-13H2,(H,20,21). The van der Waals surface area contributed by atoms with Gasteiger partial charge in [0, 0.05) is 11.6 Å². The van der Waals surface area contributed by atoms with Crippen molar-refractivity contribution >= 4 is 16.8 Å². The van der Waals surface area contributed by atoms with E-state index >= 15 is 0 Å². The first-order valence-electron chi connectivity index (χ1n) is 7.10. The minimum absolute atomic E-state index is 0.186. The van der Waals surface area contributed by atoms with Crippen LogP contribution in [-0.2, 0) is 22.7 Å². The van der Waals surface area contributed by atoms with E-state index in [9.17, 15) is 4.79 Å². The third kappa shape index (κ3) is 3.48. The van der Waals surface area contributed by atoms with Gasteiger partial charge in [-0.1, -0.05) is 54.6 Å². The van der Waals surface area contributed by atoms with Gasteiger partial charge in [0.2, 0.25) is 5.91 Å². The fourth-order valence-corrected chi connectivity index (χ4v) is 2.29. The molecule has 0 spiro atoms. The van der Waals surface area contributed by atoms with E-state index < -0.39 is 0 Å². The quantitative estimate of drug-likeness (QED) is 0.735. The molecule has 4 nitrogen and oxygen atoms in total. The number of nitrogens with zero attached hydrogens (tertiary/aromatic N) is 1. The summed E-state index contributed by atoms with van der Waals surface area (Å²) in [5.41, 5.74) is 5.22. The molecule has 0 aliphatic carbocycles. The van der Waals surface area contributed by atoms with Crippen molar-refractivity contribution in [3.8, 4) is 0 Å². The van der Waals surface area contributed by atoms with Crippen LogP contribution in [0.15, 0.2) is 66.9 Å². The second kappa shape index (κ2) is 6.83. The Labute approximate surface area is 128 Å². The van der Waals surface area contributed by atoms with E-state index in [2.05, 4.69) is 10.5 Å². The molecule has 0 fully saturated rings. The van der Waals surface area contributed by atoms with E-state index in [4.69, 9.17) is 4.84 Å². The van der Waals surface area contributed by atoms with E-state index in [1.807, 2.05) is 60.7 Å². The Balaban J connectivity index is 1.59. The number of benzene rings is 2. The van der Waals surface area contributed by atoms with E-state index in [1.54, 1.807) is 6.20 Å². The number of hydrogen-bond donors (Lipinski definition) is 1. The van der Waals surface area contributed by atoms with Crippen LogP contribution in [0.2, 0.25) is 0 Å². The Bertz CT molecular complexity index is 767. The minimum Gasteiger partial charge on any atom is -0.272 e. The van der Waals surface area contributed by atoms with Gasteiger partial charge in [0.05, 0.1) is 18.5 Å². The Morgan fingerprint density at radius 3 is 2.68 bits per heavy atom. The molecule has 1 aromatic heterocycles. The van der Waals surface area contributed by atoms with Crippen LogP contribution >= 0.6 is 0 Å². The lowest BCUT2D eigenvalue weighted by atomic mass is 10.1. The molecule has 0 aliphatic heterocycles. The Hall–Kier alpha value is -2.72. The first kappa shape index (κ1) is 14.2. The highest BCUT2D eigenvalue weighted by Gasteiger charge is 2.07. The number of amides is 1. The number of aromatic nitrogens is 1. The van der Waals surface area contributed by atoms with E-state index in [0.717, 1.165) is 22.0 Å². The maximum atomic E-state index is 12.0. The van der Waals surface area contributed by atoms with Crippen LogP contribution in [-0.4, -0.2) is 10.9 Å². The van der Waals surface area contributed by atoms with Gasteiger partial charge in [-0.3, -0.25) is 14.6 Å². The number of pyridine rings is 1. The second-order valence-electron chi connectivity index (χ2n) is 4.97. The van der Waals surface area contributed by atoms with E-state index in [1.165, 1.54) is 0 Å². The number of fused-ring (bicyclic) bond motifs is 1. The summed E-state index contributed by atoms with van der Waals surface area (Å²) in [5.74, 6) is -0.186. The maximum Gasteiger partial charge on any atom is 0.248 e. The van der Waals surface area contributed by atoms with Crippen LogP contribution < -0.4 is 5.48 Å². The molecule has 0 saturated heterocycles. The lowest BCUT2D eigenvalue weighted by Crippen LogP contribution is -2.25. The van der Waals surface area contributed by atoms with E-state index in [-0.39, 0.29) is 12.3 Å². The summed E-state index contributed by atoms with van der Waals surface area (Å²) in [6, 6.07) is 19.4. The lowest BCUT2D eigenvalue weighted by Gasteiger charge is -2.07. The number of rotatable bonds is 5. The lowest BCUT2D eigenvalue weighted by molar-refractivity contribution is -0.133. The van der Waals surface area contributed by atoms with Crippen molar-refractivity contribution in [2.75, 3.05) is 0 Å². The van der Waals surface area contributed by atoms with Gasteiger partial charge in [-0.05, 0) is 17.2 Å². The molecule has 1 amide bonds. The zero-order chi connectivity index (χ0) is 15.2. The molecule has 22 heavy (non-hydrogen) atoms. The number of carbonyl (C=O) groups excluding carboxylic acids is 1. The average Bonchev–Trinajstić information content (AvgIpc) is 2.56. The van der Waals surface area contributed by atoms with Crippen LogP contribution in [0.1, 0.15) is 11.1 Å². The van der Waals surface area contributed by atoms with Gasteiger partial charge in [0.25, 0.3) is 0 Å². The largest absolute Gasteiger partial charge is 0.272 e. The van der Waals surface area contributed by atoms with Crippen LogP contribution in [0.5, 0.6) is 0 Å². The van der Waals surface area contributed by atoms with Crippen LogP contribution in [0.3, 0.4) is 0 Å². The molecule has 0 atom stereocenters. The van der Waals surface area contributed by atoms with Gasteiger partial charge in [-0.25, -0.2) is 5.48 Å². The highest BCUT2D eigenvalue weighted by atomic mass is 16.6. The second-order valence-corrected chi connectivity index (χ2v) is 4.97. The third-order valence-corrected chi connectivity index (χ3v) is 3.33. The van der Waals surface area contributed by atoms with Gasteiger partial charge in [0.15, 0.2) is 0 Å². The smallest absolute Gasteiger partial charge is 0.248 e. The van der Waals surface area contributed by atoms with Crippen molar-refractivity contribution in [3.63, 3.8) is 0 Å². The van der Waals surface area contributed by atoms with Crippen LogP contribution in [0.4, 0.5) is 0 Å². The summed E-state index contributed by atoms with van der Waals surface area (Å²) in [4.78, 5) is 21.6.